The van der Waals surface area contributed by atoms with Crippen molar-refractivity contribution in [3.8, 4) is 0 Å². The molecule has 61 heavy (non-hydrogen) atoms. The molecule has 2 aliphatic carbocycles. The van der Waals surface area contributed by atoms with E-state index < -0.39 is 46.6 Å². The van der Waals surface area contributed by atoms with Gasteiger partial charge in [-0.2, -0.15) is 0 Å². The number of Topliss-reactive ketones (excluding diaryl/α,β-unsaturated/α-hetero) is 1. The number of cyclic esters (lactones) is 1. The second-order valence-corrected chi connectivity index (χ2v) is 18.8. The number of allylic oxidation sites excluding steroid dienone is 4. The van der Waals surface area contributed by atoms with Gasteiger partial charge in [-0.3, -0.25) is 29.2 Å². The molecule has 12 atom stereocenters. The van der Waals surface area contributed by atoms with Gasteiger partial charge in [-0.1, -0.05) is 26.8 Å². The molecule has 0 bridgehead atoms. The number of hydrogen-bond donors (Lipinski definition) is 4. The Labute approximate surface area is 358 Å². The van der Waals surface area contributed by atoms with Gasteiger partial charge in [0, 0.05) is 43.0 Å². The van der Waals surface area contributed by atoms with E-state index in [1.165, 1.54) is 0 Å². The molecule has 2 saturated carbocycles. The van der Waals surface area contributed by atoms with Crippen LogP contribution in [0, 0.1) is 22.7 Å². The lowest BCUT2D eigenvalue weighted by Gasteiger charge is -2.63. The summed E-state index contributed by atoms with van der Waals surface area (Å²) < 4.78 is 18.0. The number of amidine groups is 1. The van der Waals surface area contributed by atoms with Gasteiger partial charge in [-0.25, -0.2) is 9.79 Å². The third-order valence-corrected chi connectivity index (χ3v) is 15.4. The fraction of sp³-hybridized carbons (Fsp3) is 0.689. The van der Waals surface area contributed by atoms with Gasteiger partial charge in [0.1, 0.15) is 23.4 Å². The van der Waals surface area contributed by atoms with Crippen LogP contribution in [0.4, 0.5) is 0 Å². The topological polar surface area (TPSA) is 198 Å². The normalized spacial score (nSPS) is 37.9. The number of esters is 1. The number of carbonyl (C=O) groups is 4. The van der Waals surface area contributed by atoms with E-state index in [9.17, 15) is 29.4 Å². The van der Waals surface area contributed by atoms with E-state index in [2.05, 4.69) is 27.5 Å². The molecule has 2 amide bonds. The molecule has 6 heterocycles. The van der Waals surface area contributed by atoms with Crippen molar-refractivity contribution in [2.24, 2.45) is 32.7 Å². The molecular formula is C45H63N7O9. The predicted octanol–water partition coefficient (Wildman–Crippen LogP) is 1.64. The summed E-state index contributed by atoms with van der Waals surface area (Å²) >= 11 is 0. The number of ether oxygens (including phenoxy) is 3. The van der Waals surface area contributed by atoms with E-state index in [1.54, 1.807) is 36.4 Å². The number of aliphatic hydroxyl groups excluding tert-OH is 2. The number of ketones is 1. The Hall–Kier alpha value is -3.90. The Morgan fingerprint density at radius 3 is 2.57 bits per heavy atom. The van der Waals surface area contributed by atoms with Crippen LogP contribution in [0.2, 0.25) is 0 Å². The highest BCUT2D eigenvalue weighted by Gasteiger charge is 2.71. The number of aliphatic imine (C=N–C) groups is 2. The van der Waals surface area contributed by atoms with Crippen molar-refractivity contribution >= 4 is 35.6 Å². The maximum absolute atomic E-state index is 14.1. The molecule has 16 nitrogen and oxygen atoms in total. The number of aliphatic hydroxyl groups is 2. The molecule has 8 aliphatic rings. The van der Waals surface area contributed by atoms with Gasteiger partial charge in [0.2, 0.25) is 11.8 Å². The van der Waals surface area contributed by atoms with Gasteiger partial charge in [-0.15, -0.1) is 0 Å². The molecule has 3 saturated heterocycles. The second-order valence-electron chi connectivity index (χ2n) is 18.8. The van der Waals surface area contributed by atoms with E-state index in [1.807, 2.05) is 49.8 Å². The number of fused-ring (bicyclic) bond motifs is 2. The molecule has 9 unspecified atom stereocenters. The predicted molar refractivity (Wildman–Crippen MR) is 226 cm³/mol. The van der Waals surface area contributed by atoms with E-state index in [0.717, 1.165) is 0 Å². The fourth-order valence-electron chi connectivity index (χ4n) is 11.7. The molecule has 0 aromatic rings. The molecule has 6 aliphatic heterocycles. The standard InChI is InChI=1S/C45H63N7O9/c1-7-32-41(57)52-23-28(8-9-39(52)50(32)6)18-29-19-30(42(58)61-29)31(48-26(2)33(54)21-38-46-12-13-47-38)20-35-43(4)11-10-37(55)44(5,24-53)34(43)22-36(45(35)25-60-45)49-27(3)40(56)51-14-16-59-17-15-51/h8-9,12,18-19,23,26-27,31-32,34-37,39,48-49,53,55H,7,10-11,13-17,20-22,24-25H2,1-6H3/b29-18+/t26?,27?,31?,32?,34?,35?,36?,37-,39?,43+,44+,45?/m1/s1. The molecule has 332 valence electrons. The summed E-state index contributed by atoms with van der Waals surface area (Å²) in [5.41, 5.74) is -1.01. The van der Waals surface area contributed by atoms with Crippen LogP contribution in [-0.2, 0) is 33.4 Å². The minimum atomic E-state index is -0.849. The van der Waals surface area contributed by atoms with Crippen LogP contribution < -0.4 is 10.6 Å². The van der Waals surface area contributed by atoms with Crippen LogP contribution in [0.1, 0.15) is 73.1 Å². The number of amides is 2. The van der Waals surface area contributed by atoms with E-state index in [4.69, 9.17) is 14.2 Å². The SMILES string of the molecule is CCC1C(=O)N2C=C(/C=C3\C=C(C(CC4C5(CO5)C(NC(C)C(=O)N5CCOCC5)CC5[C@]4(C)CC[C@@H](O)[C@@]5(C)CO)NC(C)C(=O)CC4=NCC=N4)C(=O)O3)C=CC2N1C. The maximum Gasteiger partial charge on any atom is 0.341 e. The highest BCUT2D eigenvalue weighted by Crippen LogP contribution is 2.66. The molecule has 8 rings (SSSR count). The number of epoxide rings is 1. The summed E-state index contributed by atoms with van der Waals surface area (Å²) in [4.78, 5) is 69.0. The van der Waals surface area contributed by atoms with E-state index in [0.29, 0.717) is 94.3 Å². The number of rotatable bonds is 14. The maximum atomic E-state index is 14.1. The van der Waals surface area contributed by atoms with Gasteiger partial charge >= 0.3 is 5.97 Å². The molecule has 5 fully saturated rings. The van der Waals surface area contributed by atoms with Crippen molar-refractivity contribution in [2.75, 3.05) is 53.1 Å². The van der Waals surface area contributed by atoms with Crippen molar-refractivity contribution < 1.29 is 43.6 Å². The fourth-order valence-corrected chi connectivity index (χ4v) is 11.7. The summed E-state index contributed by atoms with van der Waals surface area (Å²) in [7, 11) is 1.94. The summed E-state index contributed by atoms with van der Waals surface area (Å²) in [5.74, 6) is -0.342. The molecule has 0 radical (unpaired) electrons. The average molecular weight is 846 g/mol. The van der Waals surface area contributed by atoms with Gasteiger partial charge in [0.15, 0.2) is 5.78 Å². The minimum absolute atomic E-state index is 0.0164. The number of hydrogen-bond acceptors (Lipinski definition) is 14. The first-order valence-corrected chi connectivity index (χ1v) is 22.1. The van der Waals surface area contributed by atoms with Crippen LogP contribution in [0.25, 0.3) is 0 Å². The van der Waals surface area contributed by atoms with Crippen molar-refractivity contribution in [1.82, 2.24) is 25.3 Å². The van der Waals surface area contributed by atoms with Gasteiger partial charge in [0.05, 0.1) is 69.2 Å². The van der Waals surface area contributed by atoms with Crippen molar-refractivity contribution in [3.05, 3.63) is 47.4 Å². The van der Waals surface area contributed by atoms with Crippen LogP contribution >= 0.6 is 0 Å². The molecule has 4 N–H and O–H groups in total. The lowest BCUT2D eigenvalue weighted by Crippen LogP contribution is -2.68. The monoisotopic (exact) mass is 845 g/mol. The zero-order valence-corrected chi connectivity index (χ0v) is 36.3. The summed E-state index contributed by atoms with van der Waals surface area (Å²) in [6.07, 6.45) is 12.7. The minimum Gasteiger partial charge on any atom is -0.423 e. The van der Waals surface area contributed by atoms with Crippen LogP contribution in [0.5, 0.6) is 0 Å². The van der Waals surface area contributed by atoms with Gasteiger partial charge in [-0.05, 0) is 94.1 Å². The van der Waals surface area contributed by atoms with Gasteiger partial charge < -0.3 is 40.0 Å². The zero-order valence-electron chi connectivity index (χ0n) is 36.3. The first-order chi connectivity index (χ1) is 29.1. The molecule has 16 heteroatoms. The number of likely N-dealkylation sites (N-methyl/N-ethyl adjacent to an activating group) is 1. The average Bonchev–Trinajstić information content (AvgIpc) is 3.57. The first-order valence-electron chi connectivity index (χ1n) is 22.1. The highest BCUT2D eigenvalue weighted by atomic mass is 16.6. The highest BCUT2D eigenvalue weighted by molar-refractivity contribution is 6.07. The Balaban J connectivity index is 1.14. The molecule has 1 spiro atoms. The molecular weight excluding hydrogens is 783 g/mol. The van der Waals surface area contributed by atoms with E-state index in [-0.39, 0.29) is 60.7 Å². The second kappa shape index (κ2) is 17.0. The first kappa shape index (κ1) is 43.7. The zero-order chi connectivity index (χ0) is 43.4. The number of nitrogens with zero attached hydrogens (tertiary/aromatic N) is 5. The Bertz CT molecular complexity index is 1970. The van der Waals surface area contributed by atoms with Gasteiger partial charge in [0.25, 0.3) is 0 Å². The quantitative estimate of drug-likeness (QED) is 0.146. The summed E-state index contributed by atoms with van der Waals surface area (Å²) in [6.45, 7) is 12.5. The third kappa shape index (κ3) is 7.91. The Kier molecular flexibility index (Phi) is 12.2. The lowest BCUT2D eigenvalue weighted by atomic mass is 9.43. The van der Waals surface area contributed by atoms with E-state index >= 15 is 0 Å². The molecule has 0 aromatic heterocycles. The van der Waals surface area contributed by atoms with Crippen molar-refractivity contribution in [3.63, 3.8) is 0 Å². The smallest absolute Gasteiger partial charge is 0.341 e. The number of morpholine rings is 1. The van der Waals surface area contributed by atoms with Crippen LogP contribution in [-0.4, -0.2) is 162 Å². The summed E-state index contributed by atoms with van der Waals surface area (Å²) in [6, 6.07) is -2.47. The van der Waals surface area contributed by atoms with Crippen LogP contribution in [0.15, 0.2) is 57.4 Å². The van der Waals surface area contributed by atoms with Crippen molar-refractivity contribution in [1.29, 1.82) is 0 Å². The number of nitrogens with one attached hydrogen (secondary N) is 2. The largest absolute Gasteiger partial charge is 0.423 e. The Morgan fingerprint density at radius 2 is 1.90 bits per heavy atom. The lowest BCUT2D eigenvalue weighted by molar-refractivity contribution is -0.185. The van der Waals surface area contributed by atoms with Crippen molar-refractivity contribution in [2.45, 2.75) is 121 Å². The number of carbonyl (C=O) groups excluding carboxylic acids is 4. The summed E-state index contributed by atoms with van der Waals surface area (Å²) in [5, 5.41) is 29.8. The third-order valence-electron chi connectivity index (χ3n) is 15.4. The Morgan fingerprint density at radius 1 is 1.15 bits per heavy atom. The van der Waals surface area contributed by atoms with Crippen LogP contribution in [0.3, 0.4) is 0 Å². The molecule has 0 aromatic carbocycles.